The highest BCUT2D eigenvalue weighted by atomic mass is 32.2. The van der Waals surface area contributed by atoms with Gasteiger partial charge in [0.05, 0.1) is 27.7 Å². The highest BCUT2D eigenvalue weighted by Gasteiger charge is 2.37. The Bertz CT molecular complexity index is 1000. The van der Waals surface area contributed by atoms with E-state index >= 15 is 0 Å². The Morgan fingerprint density at radius 1 is 1.14 bits per heavy atom. The molecule has 0 bridgehead atoms. The molecular formula is C20H16N2O5S. The molecule has 0 aliphatic carbocycles. The van der Waals surface area contributed by atoms with E-state index in [9.17, 15) is 19.7 Å². The third-order valence-corrected chi connectivity index (χ3v) is 4.74. The summed E-state index contributed by atoms with van der Waals surface area (Å²) in [4.78, 5) is 37.0. The Morgan fingerprint density at radius 2 is 1.86 bits per heavy atom. The Morgan fingerprint density at radius 3 is 2.61 bits per heavy atom. The Labute approximate surface area is 165 Å². The lowest BCUT2D eigenvalue weighted by Crippen LogP contribution is -2.28. The quantitative estimate of drug-likeness (QED) is 0.396. The number of nitro benzene ring substituents is 1. The molecule has 0 aromatic heterocycles. The van der Waals surface area contributed by atoms with Crippen LogP contribution in [0.15, 0.2) is 65.6 Å². The van der Waals surface area contributed by atoms with Gasteiger partial charge in [-0.15, -0.1) is 0 Å². The molecule has 1 aliphatic heterocycles. The number of carbonyl (C=O) groups excluding carboxylic acids is 2. The van der Waals surface area contributed by atoms with Crippen LogP contribution in [0, 0.1) is 10.1 Å². The zero-order valence-electron chi connectivity index (χ0n) is 14.9. The van der Waals surface area contributed by atoms with Crippen LogP contribution < -0.4 is 9.64 Å². The Balaban J connectivity index is 1.86. The minimum Gasteiger partial charge on any atom is -0.492 e. The summed E-state index contributed by atoms with van der Waals surface area (Å²) in [5, 5.41) is 10.6. The molecule has 7 nitrogen and oxygen atoms in total. The van der Waals surface area contributed by atoms with Gasteiger partial charge < -0.3 is 4.74 Å². The van der Waals surface area contributed by atoms with Gasteiger partial charge in [0.15, 0.2) is 0 Å². The number of para-hydroxylation sites is 3. The van der Waals surface area contributed by atoms with Crippen molar-refractivity contribution in [1.82, 2.24) is 0 Å². The van der Waals surface area contributed by atoms with Crippen LogP contribution in [0.1, 0.15) is 12.5 Å². The van der Waals surface area contributed by atoms with Crippen LogP contribution in [0.4, 0.5) is 16.2 Å². The highest BCUT2D eigenvalue weighted by Crippen LogP contribution is 2.38. The summed E-state index contributed by atoms with van der Waals surface area (Å²) in [6.45, 7) is 2.22. The van der Waals surface area contributed by atoms with Crippen LogP contribution in [-0.4, -0.2) is 22.7 Å². The molecule has 1 aliphatic rings. The van der Waals surface area contributed by atoms with Crippen LogP contribution in [0.3, 0.4) is 0 Å². The van der Waals surface area contributed by atoms with Crippen LogP contribution in [0.5, 0.6) is 5.75 Å². The predicted molar refractivity (Wildman–Crippen MR) is 108 cm³/mol. The molecule has 0 atom stereocenters. The second-order valence-corrected chi connectivity index (χ2v) is 6.61. The van der Waals surface area contributed by atoms with Crippen molar-refractivity contribution >= 4 is 40.4 Å². The summed E-state index contributed by atoms with van der Waals surface area (Å²) < 4.78 is 5.50. The van der Waals surface area contributed by atoms with E-state index in [-0.39, 0.29) is 10.6 Å². The van der Waals surface area contributed by atoms with Crippen molar-refractivity contribution in [3.8, 4) is 5.75 Å². The topological polar surface area (TPSA) is 89.8 Å². The third-order valence-electron chi connectivity index (χ3n) is 3.86. The summed E-state index contributed by atoms with van der Waals surface area (Å²) in [5.41, 5.74) is 0.758. The number of hydrogen-bond donors (Lipinski definition) is 0. The monoisotopic (exact) mass is 396 g/mol. The van der Waals surface area contributed by atoms with Crippen molar-refractivity contribution in [2.45, 2.75) is 6.92 Å². The number of allylic oxidation sites excluding steroid dienone is 2. The fourth-order valence-corrected chi connectivity index (χ4v) is 3.43. The molecular weight excluding hydrogens is 380 g/mol. The SMILES string of the molecule is CCOc1ccccc1N1C(=O)S/C(=C\C=C\c2ccccc2[N+](=O)[O-])C1=O. The number of thioether (sulfide) groups is 1. The molecule has 1 fully saturated rings. The summed E-state index contributed by atoms with van der Waals surface area (Å²) in [7, 11) is 0. The van der Waals surface area contributed by atoms with Gasteiger partial charge in [-0.2, -0.15) is 0 Å². The first-order valence-electron chi connectivity index (χ1n) is 8.42. The lowest BCUT2D eigenvalue weighted by molar-refractivity contribution is -0.385. The first-order chi connectivity index (χ1) is 13.5. The van der Waals surface area contributed by atoms with Gasteiger partial charge in [-0.05, 0) is 49.0 Å². The Hall–Kier alpha value is -3.39. The normalized spacial score (nSPS) is 15.6. The molecule has 0 unspecified atom stereocenters. The van der Waals surface area contributed by atoms with E-state index in [2.05, 4.69) is 0 Å². The maximum Gasteiger partial charge on any atom is 0.298 e. The van der Waals surface area contributed by atoms with E-state index in [1.807, 2.05) is 6.92 Å². The van der Waals surface area contributed by atoms with Gasteiger partial charge in [-0.1, -0.05) is 30.3 Å². The first kappa shape index (κ1) is 19.4. The summed E-state index contributed by atoms with van der Waals surface area (Å²) in [5.74, 6) is -0.0154. The number of rotatable bonds is 6. The van der Waals surface area contributed by atoms with Crippen LogP contribution >= 0.6 is 11.8 Å². The molecule has 1 heterocycles. The van der Waals surface area contributed by atoms with E-state index in [1.165, 1.54) is 24.3 Å². The minimum atomic E-state index is -0.474. The molecule has 2 amide bonds. The maximum absolute atomic E-state index is 12.7. The fourth-order valence-electron chi connectivity index (χ4n) is 2.64. The van der Waals surface area contributed by atoms with Crippen molar-refractivity contribution in [3.63, 3.8) is 0 Å². The second kappa shape index (κ2) is 8.53. The molecule has 0 N–H and O–H groups in total. The molecule has 1 saturated heterocycles. The molecule has 0 radical (unpaired) electrons. The van der Waals surface area contributed by atoms with Gasteiger partial charge in [0.1, 0.15) is 5.75 Å². The van der Waals surface area contributed by atoms with Gasteiger partial charge in [-0.3, -0.25) is 19.7 Å². The summed E-state index contributed by atoms with van der Waals surface area (Å²) >= 11 is 0.807. The largest absolute Gasteiger partial charge is 0.492 e. The highest BCUT2D eigenvalue weighted by molar-refractivity contribution is 8.18. The van der Waals surface area contributed by atoms with Gasteiger partial charge in [-0.25, -0.2) is 4.90 Å². The van der Waals surface area contributed by atoms with Crippen molar-refractivity contribution in [3.05, 3.63) is 81.3 Å². The number of imide groups is 1. The number of benzene rings is 2. The molecule has 142 valence electrons. The van der Waals surface area contributed by atoms with Crippen LogP contribution in [0.2, 0.25) is 0 Å². The van der Waals surface area contributed by atoms with Crippen molar-refractivity contribution in [1.29, 1.82) is 0 Å². The fraction of sp³-hybridized carbons (Fsp3) is 0.100. The Kier molecular flexibility index (Phi) is 5.90. The average molecular weight is 396 g/mol. The number of nitro groups is 1. The van der Waals surface area contributed by atoms with E-state index in [1.54, 1.807) is 42.5 Å². The van der Waals surface area contributed by atoms with Crippen molar-refractivity contribution in [2.75, 3.05) is 11.5 Å². The number of anilines is 1. The molecule has 2 aromatic rings. The maximum atomic E-state index is 12.7. The number of nitrogens with zero attached hydrogens (tertiary/aromatic N) is 2. The summed E-state index contributed by atoms with van der Waals surface area (Å²) in [6, 6.07) is 13.1. The smallest absolute Gasteiger partial charge is 0.298 e. The molecule has 0 spiro atoms. The van der Waals surface area contributed by atoms with Gasteiger partial charge in [0.2, 0.25) is 0 Å². The van der Waals surface area contributed by atoms with E-state index in [0.29, 0.717) is 23.6 Å². The number of carbonyl (C=O) groups is 2. The third kappa shape index (κ3) is 3.96. The van der Waals surface area contributed by atoms with Gasteiger partial charge >= 0.3 is 0 Å². The minimum absolute atomic E-state index is 0.0362. The van der Waals surface area contributed by atoms with E-state index in [4.69, 9.17) is 4.74 Å². The van der Waals surface area contributed by atoms with Crippen molar-refractivity contribution < 1.29 is 19.2 Å². The zero-order valence-corrected chi connectivity index (χ0v) is 15.7. The number of ether oxygens (including phenoxy) is 1. The van der Waals surface area contributed by atoms with E-state index in [0.717, 1.165) is 16.7 Å². The lowest BCUT2D eigenvalue weighted by Gasteiger charge is -2.16. The number of hydrogen-bond acceptors (Lipinski definition) is 6. The molecule has 2 aromatic carbocycles. The van der Waals surface area contributed by atoms with Gasteiger partial charge in [0, 0.05) is 6.07 Å². The molecule has 8 heteroatoms. The molecule has 28 heavy (non-hydrogen) atoms. The molecule has 0 saturated carbocycles. The second-order valence-electron chi connectivity index (χ2n) is 5.62. The predicted octanol–water partition coefficient (Wildman–Crippen LogP) is 4.79. The standard InChI is InChI=1S/C20H16N2O5S/c1-2-27-17-12-6-5-11-16(17)21-19(23)18(28-20(21)24)13-7-9-14-8-3-4-10-15(14)22(25)26/h3-13H,2H2,1H3/b9-7+,18-13-. The number of amides is 2. The van der Waals surface area contributed by atoms with Crippen LogP contribution in [0.25, 0.3) is 6.08 Å². The van der Waals surface area contributed by atoms with E-state index < -0.39 is 16.1 Å². The summed E-state index contributed by atoms with van der Waals surface area (Å²) in [6.07, 6.45) is 4.53. The van der Waals surface area contributed by atoms with Crippen molar-refractivity contribution in [2.24, 2.45) is 0 Å². The lowest BCUT2D eigenvalue weighted by atomic mass is 10.1. The zero-order chi connectivity index (χ0) is 20.1. The van der Waals surface area contributed by atoms with Gasteiger partial charge in [0.25, 0.3) is 16.8 Å². The molecule has 3 rings (SSSR count). The van der Waals surface area contributed by atoms with Crippen LogP contribution in [-0.2, 0) is 4.79 Å². The average Bonchev–Trinajstić information content (AvgIpc) is 2.96. The first-order valence-corrected chi connectivity index (χ1v) is 9.24.